The zero-order valence-corrected chi connectivity index (χ0v) is 41.9. The van der Waals surface area contributed by atoms with E-state index in [0.717, 1.165) is 53.1 Å². The number of ketones is 1. The molecule has 4 atom stereocenters. The lowest BCUT2D eigenvalue weighted by Crippen LogP contribution is -2.50. The predicted molar refractivity (Wildman–Crippen MR) is 274 cm³/mol. The summed E-state index contributed by atoms with van der Waals surface area (Å²) in [4.78, 5) is 88.2. The second-order valence-electron chi connectivity index (χ2n) is 20.0. The summed E-state index contributed by atoms with van der Waals surface area (Å²) in [5.74, 6) is -0.594. The Kier molecular flexibility index (Phi) is 15.4. The van der Waals surface area contributed by atoms with Gasteiger partial charge in [0.05, 0.1) is 45.7 Å². The van der Waals surface area contributed by atoms with Crippen LogP contribution in [0, 0.1) is 18.3 Å². The van der Waals surface area contributed by atoms with Crippen LogP contribution in [0.4, 0.5) is 28.8 Å². The number of benzene rings is 3. The summed E-state index contributed by atoms with van der Waals surface area (Å²) in [6, 6.07) is 21.8. The number of β-amino-alcohol motifs (C(OH)–C–C–N with tert-alkyl or cyclic N) is 1. The molecule has 5 aromatic rings. The summed E-state index contributed by atoms with van der Waals surface area (Å²) in [6.07, 6.45) is 7.55. The van der Waals surface area contributed by atoms with Crippen molar-refractivity contribution in [2.45, 2.75) is 123 Å². The summed E-state index contributed by atoms with van der Waals surface area (Å²) in [7, 11) is 1.75. The first kappa shape index (κ1) is 49.9. The minimum Gasteiger partial charge on any atom is -0.391 e. The maximum absolute atomic E-state index is 14.2. The molecule has 1 saturated carbocycles. The van der Waals surface area contributed by atoms with Gasteiger partial charge >= 0.3 is 0 Å². The van der Waals surface area contributed by atoms with Gasteiger partial charge in [0.2, 0.25) is 17.8 Å². The number of nitrogens with zero attached hydrogens (tertiary/aromatic N) is 6. The summed E-state index contributed by atoms with van der Waals surface area (Å²) >= 11 is 1.58. The van der Waals surface area contributed by atoms with Gasteiger partial charge in [-0.15, -0.1) is 11.3 Å². The highest BCUT2D eigenvalue weighted by Gasteiger charge is 2.45. The molecule has 2 aromatic heterocycles. The Balaban J connectivity index is 0.790. The summed E-state index contributed by atoms with van der Waals surface area (Å²) in [5, 5.41) is 20.0. The molecule has 70 heavy (non-hydrogen) atoms. The Labute approximate surface area is 414 Å². The molecule has 2 fully saturated rings. The van der Waals surface area contributed by atoms with Crippen LogP contribution in [0.3, 0.4) is 0 Å². The highest BCUT2D eigenvalue weighted by Crippen LogP contribution is 2.44. The minimum atomic E-state index is -0.849. The Morgan fingerprint density at radius 2 is 1.64 bits per heavy atom. The van der Waals surface area contributed by atoms with Gasteiger partial charge in [0.1, 0.15) is 17.5 Å². The van der Waals surface area contributed by atoms with E-state index >= 15 is 0 Å². The molecular formula is C54H65N9O6S. The molecule has 15 nitrogen and oxygen atoms in total. The average Bonchev–Trinajstić information content (AvgIpc) is 4.12. The van der Waals surface area contributed by atoms with Gasteiger partial charge < -0.3 is 35.8 Å². The van der Waals surface area contributed by atoms with Crippen LogP contribution in [-0.4, -0.2) is 92.7 Å². The average molecular weight is 968 g/mol. The van der Waals surface area contributed by atoms with Gasteiger partial charge in [-0.2, -0.15) is 4.98 Å². The Morgan fingerprint density at radius 1 is 0.914 bits per heavy atom. The molecule has 4 N–H and O–H groups in total. The Hall–Kier alpha value is -6.52. The van der Waals surface area contributed by atoms with Gasteiger partial charge in [-0.3, -0.25) is 24.0 Å². The molecule has 1 saturated heterocycles. The van der Waals surface area contributed by atoms with Gasteiger partial charge in [-0.1, -0.05) is 76.4 Å². The number of nitrogens with one attached hydrogen (secondary N) is 3. The van der Waals surface area contributed by atoms with Crippen molar-refractivity contribution in [2.75, 3.05) is 35.3 Å². The lowest BCUT2D eigenvalue weighted by molar-refractivity contribution is -0.146. The molecule has 3 aliphatic rings. The van der Waals surface area contributed by atoms with Crippen LogP contribution < -0.4 is 25.8 Å². The quantitative estimate of drug-likeness (QED) is 0.0651. The van der Waals surface area contributed by atoms with Crippen molar-refractivity contribution in [3.05, 3.63) is 107 Å². The molecule has 4 heterocycles. The number of amides is 4. The molecule has 8 rings (SSSR count). The number of carbonyl (C=O) groups is 5. The molecule has 4 amide bonds. The molecule has 2 aliphatic heterocycles. The maximum Gasteiger partial charge on any atom is 0.260 e. The number of rotatable bonds is 17. The van der Waals surface area contributed by atoms with Crippen LogP contribution in [0.15, 0.2) is 84.5 Å². The van der Waals surface area contributed by atoms with E-state index < -0.39 is 23.5 Å². The molecule has 0 unspecified atom stereocenters. The fraction of sp³-hybridized carbons (Fsp3) is 0.444. The number of aryl methyl sites for hydroxylation is 1. The molecule has 0 radical (unpaired) electrons. The van der Waals surface area contributed by atoms with Crippen molar-refractivity contribution < 1.29 is 29.1 Å². The zero-order chi connectivity index (χ0) is 49.7. The Bertz CT molecular complexity index is 2690. The van der Waals surface area contributed by atoms with Crippen molar-refractivity contribution in [3.63, 3.8) is 0 Å². The first-order chi connectivity index (χ1) is 33.6. The van der Waals surface area contributed by atoms with Gasteiger partial charge in [-0.25, -0.2) is 9.97 Å². The van der Waals surface area contributed by atoms with Crippen LogP contribution in [-0.2, 0) is 14.4 Å². The van der Waals surface area contributed by atoms with Crippen molar-refractivity contribution in [1.82, 2.24) is 30.5 Å². The molecule has 3 aromatic carbocycles. The molecule has 368 valence electrons. The number of hydrogen-bond donors (Lipinski definition) is 4. The van der Waals surface area contributed by atoms with E-state index in [9.17, 15) is 29.1 Å². The number of Topliss-reactive ketones (excluding diaryl/α,β-unsaturated/α-hetero) is 1. The number of likely N-dealkylation sites (tertiary alicyclic amines) is 1. The number of aromatic nitrogens is 3. The van der Waals surface area contributed by atoms with Gasteiger partial charge in [-0.05, 0) is 92.5 Å². The lowest BCUT2D eigenvalue weighted by Gasteiger charge is -2.35. The highest BCUT2D eigenvalue weighted by molar-refractivity contribution is 7.13. The fourth-order valence-corrected chi connectivity index (χ4v) is 10.7. The third kappa shape index (κ3) is 11.2. The number of para-hydroxylation sites is 1. The Morgan fingerprint density at radius 3 is 2.34 bits per heavy atom. The van der Waals surface area contributed by atoms with E-state index in [-0.39, 0.29) is 60.9 Å². The summed E-state index contributed by atoms with van der Waals surface area (Å²) < 4.78 is 0. The maximum atomic E-state index is 14.2. The summed E-state index contributed by atoms with van der Waals surface area (Å²) in [6.45, 7) is 10.1. The minimum absolute atomic E-state index is 0.0320. The number of anilines is 5. The van der Waals surface area contributed by atoms with Crippen molar-refractivity contribution in [2.24, 2.45) is 11.3 Å². The standard InChI is InChI=1S/C54H65N9O6S/c1-33(35-19-21-36(22-20-35)47-34(2)57-32-70-47)58-50(67)45-29-41(65)31-62(45)52(69)43(54(3,4)5)28-40(64)16-8-7-13-27-55-49(66)37-23-25-38(26-24-37)59-53-56-30-46-48(60-53)63(39-14-9-10-15-39)44-18-12-11-17-42(44)51(68)61(46)6/h11-12,17-26,30,32-33,39,41,43,45,65H,7-10,13-16,27-29,31H2,1-6H3,(H,55,66)(H,58,67)(H,56,59,60)/t33-,41+,43+,45-/m0/s1. The number of carbonyl (C=O) groups excluding carboxylic acids is 5. The third-order valence-electron chi connectivity index (χ3n) is 14.0. The SMILES string of the molecule is Cc1ncsc1-c1ccc([C@H](C)NC(=O)[C@@H]2C[C@@H](O)CN2C(=O)[C@@H](CC(=O)CCCCCNC(=O)c2ccc(Nc3ncc4c(n3)N(C3CCCC3)c3ccccc3C(=O)N4C)cc2)C(C)(C)C)cc1. The largest absolute Gasteiger partial charge is 0.391 e. The zero-order valence-electron chi connectivity index (χ0n) is 41.0. The second-order valence-corrected chi connectivity index (χ2v) is 20.9. The van der Waals surface area contributed by atoms with E-state index in [4.69, 9.17) is 4.98 Å². The molecule has 0 spiro atoms. The number of fused-ring (bicyclic) bond motifs is 2. The number of aliphatic hydroxyl groups excluding tert-OH is 1. The van der Waals surface area contributed by atoms with E-state index in [1.165, 1.54) is 4.90 Å². The molecule has 1 aliphatic carbocycles. The molecular weight excluding hydrogens is 903 g/mol. The molecule has 0 bridgehead atoms. The first-order valence-electron chi connectivity index (χ1n) is 24.6. The predicted octanol–water partition coefficient (Wildman–Crippen LogP) is 9.07. The van der Waals surface area contributed by atoms with Crippen LogP contribution in [0.5, 0.6) is 0 Å². The lowest BCUT2D eigenvalue weighted by atomic mass is 9.76. The normalized spacial score (nSPS) is 17.9. The summed E-state index contributed by atoms with van der Waals surface area (Å²) in [5.41, 5.74) is 7.52. The molecule has 16 heteroatoms. The van der Waals surface area contributed by atoms with Gasteiger partial charge in [0.25, 0.3) is 11.8 Å². The van der Waals surface area contributed by atoms with Crippen molar-refractivity contribution in [1.29, 1.82) is 0 Å². The highest BCUT2D eigenvalue weighted by atomic mass is 32.1. The number of aliphatic hydroxyl groups is 1. The number of unbranched alkanes of at least 4 members (excludes halogenated alkanes) is 2. The van der Waals surface area contributed by atoms with Gasteiger partial charge in [0, 0.05) is 62.6 Å². The number of thiazole rings is 1. The van der Waals surface area contributed by atoms with Crippen LogP contribution in [0.25, 0.3) is 10.4 Å². The topological polar surface area (TPSA) is 190 Å². The van der Waals surface area contributed by atoms with Crippen molar-refractivity contribution >= 4 is 69.6 Å². The second kappa shape index (κ2) is 21.6. The van der Waals surface area contributed by atoms with E-state index in [1.54, 1.807) is 53.7 Å². The van der Waals surface area contributed by atoms with Crippen LogP contribution >= 0.6 is 11.3 Å². The van der Waals surface area contributed by atoms with E-state index in [0.29, 0.717) is 66.5 Å². The monoisotopic (exact) mass is 967 g/mol. The first-order valence-corrected chi connectivity index (χ1v) is 25.4. The fourth-order valence-electron chi connectivity index (χ4n) is 9.90. The van der Waals surface area contributed by atoms with Crippen LogP contribution in [0.2, 0.25) is 0 Å². The number of hydrogen-bond acceptors (Lipinski definition) is 12. The van der Waals surface area contributed by atoms with E-state index in [1.807, 2.05) is 88.7 Å². The third-order valence-corrected chi connectivity index (χ3v) is 14.9. The van der Waals surface area contributed by atoms with Crippen LogP contribution in [0.1, 0.15) is 130 Å². The van der Waals surface area contributed by atoms with Gasteiger partial charge in [0.15, 0.2) is 5.82 Å². The van der Waals surface area contributed by atoms with Crippen molar-refractivity contribution in [3.8, 4) is 10.4 Å². The smallest absolute Gasteiger partial charge is 0.260 e. The van der Waals surface area contributed by atoms with E-state index in [2.05, 4.69) is 30.8 Å².